The lowest BCUT2D eigenvalue weighted by atomic mass is 9.73. The van der Waals surface area contributed by atoms with Crippen molar-refractivity contribution in [1.29, 1.82) is 0 Å². The van der Waals surface area contributed by atoms with Crippen molar-refractivity contribution in [3.05, 3.63) is 65.8 Å². The topological polar surface area (TPSA) is 80.0 Å². The first-order valence-corrected chi connectivity index (χ1v) is 11.0. The molecule has 1 aromatic carbocycles. The lowest BCUT2D eigenvalue weighted by Crippen LogP contribution is -2.45. The van der Waals surface area contributed by atoms with Crippen LogP contribution in [0.4, 0.5) is 4.39 Å². The Labute approximate surface area is 187 Å². The SMILES string of the molecule is C=CCn1ncc(CN2CCC(C[C@H]3CC(c4ccc(F)cc4)=NO3)(C(=O)O)CC2)c1C. The predicted octanol–water partition coefficient (Wildman–Crippen LogP) is 3.77. The Morgan fingerprint density at radius 2 is 2.06 bits per heavy atom. The Morgan fingerprint density at radius 1 is 1.34 bits per heavy atom. The Bertz CT molecular complexity index is 1010. The molecule has 170 valence electrons. The summed E-state index contributed by atoms with van der Waals surface area (Å²) in [6, 6.07) is 6.13. The Morgan fingerprint density at radius 3 is 2.72 bits per heavy atom. The summed E-state index contributed by atoms with van der Waals surface area (Å²) in [7, 11) is 0. The summed E-state index contributed by atoms with van der Waals surface area (Å²) in [5.74, 6) is -1.07. The van der Waals surface area contributed by atoms with E-state index in [1.165, 1.54) is 12.1 Å². The predicted molar refractivity (Wildman–Crippen MR) is 119 cm³/mol. The molecule has 0 radical (unpaired) electrons. The molecule has 1 N–H and O–H groups in total. The lowest BCUT2D eigenvalue weighted by molar-refractivity contribution is -0.155. The average molecular weight is 441 g/mol. The smallest absolute Gasteiger partial charge is 0.309 e. The number of piperidine rings is 1. The molecule has 0 unspecified atom stereocenters. The zero-order chi connectivity index (χ0) is 22.7. The van der Waals surface area contributed by atoms with Crippen molar-refractivity contribution in [3.63, 3.8) is 0 Å². The summed E-state index contributed by atoms with van der Waals surface area (Å²) >= 11 is 0. The molecule has 0 bridgehead atoms. The fraction of sp³-hybridized carbons (Fsp3) is 0.458. The molecule has 0 aliphatic carbocycles. The number of aromatic nitrogens is 2. The van der Waals surface area contributed by atoms with E-state index in [0.29, 0.717) is 45.3 Å². The fourth-order valence-electron chi connectivity index (χ4n) is 4.62. The molecule has 1 atom stereocenters. The first-order chi connectivity index (χ1) is 15.4. The van der Waals surface area contributed by atoms with Gasteiger partial charge in [0.05, 0.1) is 23.9 Å². The molecule has 3 heterocycles. The summed E-state index contributed by atoms with van der Waals surface area (Å²) < 4.78 is 15.1. The first kappa shape index (κ1) is 22.2. The van der Waals surface area contributed by atoms with Gasteiger partial charge in [-0.3, -0.25) is 14.4 Å². The van der Waals surface area contributed by atoms with Gasteiger partial charge in [0.15, 0.2) is 0 Å². The molecule has 1 aromatic heterocycles. The highest BCUT2D eigenvalue weighted by Gasteiger charge is 2.45. The minimum Gasteiger partial charge on any atom is -0.481 e. The van der Waals surface area contributed by atoms with Crippen LogP contribution in [0.2, 0.25) is 0 Å². The third-order valence-electron chi connectivity index (χ3n) is 6.70. The zero-order valence-electron chi connectivity index (χ0n) is 18.3. The van der Waals surface area contributed by atoms with Crippen molar-refractivity contribution in [1.82, 2.24) is 14.7 Å². The maximum Gasteiger partial charge on any atom is 0.309 e. The summed E-state index contributed by atoms with van der Waals surface area (Å²) in [5, 5.41) is 18.6. The number of hydrogen-bond acceptors (Lipinski definition) is 5. The Hall–Kier alpha value is -3.00. The molecule has 0 saturated carbocycles. The van der Waals surface area contributed by atoms with E-state index in [1.807, 2.05) is 23.9 Å². The minimum absolute atomic E-state index is 0.280. The average Bonchev–Trinajstić information content (AvgIpc) is 3.38. The second-order valence-electron chi connectivity index (χ2n) is 8.77. The van der Waals surface area contributed by atoms with Gasteiger partial charge in [0.25, 0.3) is 0 Å². The van der Waals surface area contributed by atoms with Gasteiger partial charge in [0.1, 0.15) is 11.9 Å². The van der Waals surface area contributed by atoms with Crippen LogP contribution >= 0.6 is 0 Å². The van der Waals surface area contributed by atoms with Gasteiger partial charge < -0.3 is 9.94 Å². The molecule has 8 heteroatoms. The summed E-state index contributed by atoms with van der Waals surface area (Å²) in [4.78, 5) is 20.2. The summed E-state index contributed by atoms with van der Waals surface area (Å²) in [5.41, 5.74) is 2.99. The van der Waals surface area contributed by atoms with E-state index in [1.54, 1.807) is 12.1 Å². The van der Waals surface area contributed by atoms with Crippen LogP contribution in [0.25, 0.3) is 0 Å². The molecule has 2 aliphatic heterocycles. The van der Waals surface area contributed by atoms with Gasteiger partial charge in [-0.25, -0.2) is 4.39 Å². The van der Waals surface area contributed by atoms with E-state index in [2.05, 4.69) is 21.7 Å². The molecule has 7 nitrogen and oxygen atoms in total. The standard InChI is InChI=1S/C24H29FN4O3/c1-3-10-29-17(2)19(15-26-29)16-28-11-8-24(9-12-28,23(30)31)14-21-13-22(27-32-21)18-4-6-20(25)7-5-18/h3-7,15,21H,1,8-14,16H2,2H3,(H,30,31)/t21-/m1/s1. The normalized spacial score (nSPS) is 20.6. The third kappa shape index (κ3) is 4.60. The Kier molecular flexibility index (Phi) is 6.41. The van der Waals surface area contributed by atoms with Crippen LogP contribution in [0.15, 0.2) is 48.3 Å². The number of allylic oxidation sites excluding steroid dienone is 1. The van der Waals surface area contributed by atoms with Crippen molar-refractivity contribution >= 4 is 11.7 Å². The van der Waals surface area contributed by atoms with Gasteiger partial charge in [-0.05, 0) is 50.6 Å². The van der Waals surface area contributed by atoms with Crippen LogP contribution in [0.3, 0.4) is 0 Å². The molecule has 32 heavy (non-hydrogen) atoms. The number of carbonyl (C=O) groups is 1. The molecule has 2 aromatic rings. The molecule has 1 fully saturated rings. The van der Waals surface area contributed by atoms with Crippen molar-refractivity contribution < 1.29 is 19.1 Å². The highest BCUT2D eigenvalue weighted by Crippen LogP contribution is 2.39. The number of benzene rings is 1. The minimum atomic E-state index is -0.822. The molecular weight excluding hydrogens is 411 g/mol. The van der Waals surface area contributed by atoms with Crippen molar-refractivity contribution in [3.8, 4) is 0 Å². The molecule has 1 saturated heterocycles. The van der Waals surface area contributed by atoms with Crippen LogP contribution in [0.1, 0.15) is 42.5 Å². The van der Waals surface area contributed by atoms with E-state index in [4.69, 9.17) is 4.84 Å². The van der Waals surface area contributed by atoms with Crippen molar-refractivity contribution in [2.75, 3.05) is 13.1 Å². The van der Waals surface area contributed by atoms with Crippen LogP contribution in [0.5, 0.6) is 0 Å². The quantitative estimate of drug-likeness (QED) is 0.632. The number of nitrogens with zero attached hydrogens (tertiary/aromatic N) is 4. The lowest BCUT2D eigenvalue weighted by Gasteiger charge is -2.39. The van der Waals surface area contributed by atoms with E-state index >= 15 is 0 Å². The second kappa shape index (κ2) is 9.24. The van der Waals surface area contributed by atoms with Gasteiger partial charge in [-0.15, -0.1) is 6.58 Å². The van der Waals surface area contributed by atoms with Crippen LogP contribution in [-0.2, 0) is 22.7 Å². The zero-order valence-corrected chi connectivity index (χ0v) is 18.3. The van der Waals surface area contributed by atoms with Gasteiger partial charge in [-0.2, -0.15) is 5.10 Å². The number of likely N-dealkylation sites (tertiary alicyclic amines) is 1. The number of oxime groups is 1. The maximum atomic E-state index is 13.2. The molecule has 0 spiro atoms. The van der Waals surface area contributed by atoms with E-state index in [-0.39, 0.29) is 11.9 Å². The number of carboxylic acids is 1. The third-order valence-corrected chi connectivity index (χ3v) is 6.70. The van der Waals surface area contributed by atoms with Gasteiger partial charge in [0.2, 0.25) is 0 Å². The molecular formula is C24H29FN4O3. The summed E-state index contributed by atoms with van der Waals surface area (Å²) in [6.45, 7) is 8.66. The first-order valence-electron chi connectivity index (χ1n) is 11.0. The van der Waals surface area contributed by atoms with Crippen LogP contribution < -0.4 is 0 Å². The van der Waals surface area contributed by atoms with E-state index in [9.17, 15) is 14.3 Å². The van der Waals surface area contributed by atoms with Gasteiger partial charge in [-0.1, -0.05) is 23.4 Å². The number of rotatable bonds is 8. The largest absolute Gasteiger partial charge is 0.481 e. The van der Waals surface area contributed by atoms with Gasteiger partial charge in [0, 0.05) is 30.6 Å². The highest BCUT2D eigenvalue weighted by atomic mass is 19.1. The van der Waals surface area contributed by atoms with Gasteiger partial charge >= 0.3 is 5.97 Å². The molecule has 0 amide bonds. The number of aliphatic carboxylic acids is 1. The van der Waals surface area contributed by atoms with E-state index in [0.717, 1.165) is 29.1 Å². The molecule has 4 rings (SSSR count). The second-order valence-corrected chi connectivity index (χ2v) is 8.77. The maximum absolute atomic E-state index is 13.2. The number of hydrogen-bond donors (Lipinski definition) is 1. The van der Waals surface area contributed by atoms with Crippen LogP contribution in [0, 0.1) is 18.2 Å². The van der Waals surface area contributed by atoms with Crippen LogP contribution in [-0.4, -0.2) is 50.7 Å². The monoisotopic (exact) mass is 440 g/mol. The summed E-state index contributed by atoms with van der Waals surface area (Å²) in [6.07, 6.45) is 5.51. The number of halogens is 1. The van der Waals surface area contributed by atoms with E-state index < -0.39 is 11.4 Å². The van der Waals surface area contributed by atoms with Crippen molar-refractivity contribution in [2.24, 2.45) is 10.6 Å². The Balaban J connectivity index is 1.35. The molecule has 2 aliphatic rings. The highest BCUT2D eigenvalue weighted by molar-refractivity contribution is 6.01. The van der Waals surface area contributed by atoms with Crippen molar-refractivity contribution in [2.45, 2.75) is 51.8 Å². The number of carboxylic acid groups (broad SMARTS) is 1. The fourth-order valence-corrected chi connectivity index (χ4v) is 4.62.